The van der Waals surface area contributed by atoms with Crippen LogP contribution < -0.4 is 0 Å². The summed E-state index contributed by atoms with van der Waals surface area (Å²) in [5.41, 5.74) is 2.20. The SMILES string of the molecule is OC1CCc2nc(Cc3ccc(Br)cc3)oc2C1. The quantitative estimate of drug-likeness (QED) is 0.928. The number of fused-ring (bicyclic) bond motifs is 1. The second kappa shape index (κ2) is 4.86. The van der Waals surface area contributed by atoms with E-state index in [1.807, 2.05) is 12.1 Å². The minimum atomic E-state index is -0.272. The lowest BCUT2D eigenvalue weighted by Gasteiger charge is -2.13. The zero-order valence-electron chi connectivity index (χ0n) is 9.90. The van der Waals surface area contributed by atoms with E-state index in [0.29, 0.717) is 12.8 Å². The predicted octanol–water partition coefficient (Wildman–Crippen LogP) is 2.88. The molecule has 4 heteroatoms. The Morgan fingerprint density at radius 1 is 1.33 bits per heavy atom. The van der Waals surface area contributed by atoms with E-state index in [0.717, 1.165) is 34.7 Å². The zero-order valence-corrected chi connectivity index (χ0v) is 11.5. The molecule has 94 valence electrons. The van der Waals surface area contributed by atoms with Crippen molar-refractivity contribution >= 4 is 15.9 Å². The summed E-state index contributed by atoms with van der Waals surface area (Å²) in [5.74, 6) is 1.61. The van der Waals surface area contributed by atoms with Gasteiger partial charge >= 0.3 is 0 Å². The molecule has 3 rings (SSSR count). The minimum Gasteiger partial charge on any atom is -0.445 e. The first kappa shape index (κ1) is 11.9. The molecule has 0 aliphatic heterocycles. The first-order valence-electron chi connectivity index (χ1n) is 6.10. The van der Waals surface area contributed by atoms with E-state index >= 15 is 0 Å². The Morgan fingerprint density at radius 2 is 2.11 bits per heavy atom. The van der Waals surface area contributed by atoms with Gasteiger partial charge in [-0.3, -0.25) is 0 Å². The van der Waals surface area contributed by atoms with Gasteiger partial charge in [-0.15, -0.1) is 0 Å². The van der Waals surface area contributed by atoms with Crippen molar-refractivity contribution in [2.75, 3.05) is 0 Å². The molecule has 3 nitrogen and oxygen atoms in total. The van der Waals surface area contributed by atoms with Gasteiger partial charge in [-0.25, -0.2) is 4.98 Å². The third kappa shape index (κ3) is 2.49. The molecule has 0 bridgehead atoms. The van der Waals surface area contributed by atoms with E-state index in [1.54, 1.807) is 0 Å². The standard InChI is InChI=1S/C14H14BrNO2/c15-10-3-1-9(2-4-10)7-14-16-12-6-5-11(17)8-13(12)18-14/h1-4,11,17H,5-8H2. The maximum atomic E-state index is 9.59. The molecule has 0 saturated heterocycles. The molecular formula is C14H14BrNO2. The van der Waals surface area contributed by atoms with Crippen molar-refractivity contribution in [3.63, 3.8) is 0 Å². The summed E-state index contributed by atoms with van der Waals surface area (Å²) < 4.78 is 6.80. The highest BCUT2D eigenvalue weighted by Gasteiger charge is 2.22. The maximum absolute atomic E-state index is 9.59. The molecule has 1 aliphatic carbocycles. The summed E-state index contributed by atoms with van der Waals surface area (Å²) >= 11 is 3.42. The molecule has 18 heavy (non-hydrogen) atoms. The highest BCUT2D eigenvalue weighted by Crippen LogP contribution is 2.23. The molecule has 2 aromatic rings. The van der Waals surface area contributed by atoms with Gasteiger partial charge in [-0.1, -0.05) is 28.1 Å². The highest BCUT2D eigenvalue weighted by atomic mass is 79.9. The number of hydrogen-bond acceptors (Lipinski definition) is 3. The number of aryl methyl sites for hydroxylation is 1. The van der Waals surface area contributed by atoms with Gasteiger partial charge in [0.2, 0.25) is 0 Å². The van der Waals surface area contributed by atoms with E-state index in [4.69, 9.17) is 4.42 Å². The average molecular weight is 308 g/mol. The van der Waals surface area contributed by atoms with Gasteiger partial charge in [0.15, 0.2) is 5.89 Å². The lowest BCUT2D eigenvalue weighted by Crippen LogP contribution is -2.17. The summed E-state index contributed by atoms with van der Waals surface area (Å²) in [5, 5.41) is 9.59. The number of oxazole rings is 1. The van der Waals surface area contributed by atoms with Gasteiger partial charge in [0.05, 0.1) is 11.8 Å². The van der Waals surface area contributed by atoms with Crippen LogP contribution in [0.4, 0.5) is 0 Å². The summed E-state index contributed by atoms with van der Waals surface area (Å²) in [6, 6.07) is 8.15. The van der Waals surface area contributed by atoms with Crippen molar-refractivity contribution in [1.82, 2.24) is 4.98 Å². The molecule has 1 aromatic heterocycles. The molecule has 1 heterocycles. The summed E-state index contributed by atoms with van der Waals surface area (Å²) in [7, 11) is 0. The fourth-order valence-electron chi connectivity index (χ4n) is 2.26. The van der Waals surface area contributed by atoms with Crippen LogP contribution in [0.25, 0.3) is 0 Å². The Bertz CT molecular complexity index is 547. The smallest absolute Gasteiger partial charge is 0.199 e. The fraction of sp³-hybridized carbons (Fsp3) is 0.357. The molecule has 0 fully saturated rings. The van der Waals surface area contributed by atoms with Crippen LogP contribution in [0.15, 0.2) is 33.2 Å². The van der Waals surface area contributed by atoms with Crippen LogP contribution in [0.1, 0.15) is 29.3 Å². The molecule has 1 N–H and O–H groups in total. The van der Waals surface area contributed by atoms with Crippen LogP contribution in [0.5, 0.6) is 0 Å². The second-order valence-corrected chi connectivity index (χ2v) is 5.59. The van der Waals surface area contributed by atoms with Crippen LogP contribution in [-0.2, 0) is 19.3 Å². The van der Waals surface area contributed by atoms with Gasteiger partial charge in [0, 0.05) is 17.3 Å². The Kier molecular flexibility index (Phi) is 3.22. The highest BCUT2D eigenvalue weighted by molar-refractivity contribution is 9.10. The Hall–Kier alpha value is -1.13. The largest absolute Gasteiger partial charge is 0.445 e. The van der Waals surface area contributed by atoms with Crippen LogP contribution in [-0.4, -0.2) is 16.2 Å². The minimum absolute atomic E-state index is 0.272. The van der Waals surface area contributed by atoms with Gasteiger partial charge in [0.25, 0.3) is 0 Å². The van der Waals surface area contributed by atoms with Crippen molar-refractivity contribution in [2.45, 2.75) is 31.8 Å². The van der Waals surface area contributed by atoms with Crippen LogP contribution in [0, 0.1) is 0 Å². The van der Waals surface area contributed by atoms with Crippen LogP contribution in [0.3, 0.4) is 0 Å². The van der Waals surface area contributed by atoms with E-state index in [1.165, 1.54) is 5.56 Å². The van der Waals surface area contributed by atoms with E-state index in [9.17, 15) is 5.11 Å². The molecule has 1 aromatic carbocycles. The number of aliphatic hydroxyl groups excluding tert-OH is 1. The van der Waals surface area contributed by atoms with E-state index in [-0.39, 0.29) is 6.10 Å². The van der Waals surface area contributed by atoms with Crippen LogP contribution >= 0.6 is 15.9 Å². The number of benzene rings is 1. The van der Waals surface area contributed by atoms with Gasteiger partial charge in [-0.2, -0.15) is 0 Å². The molecule has 1 aliphatic rings. The number of nitrogens with zero attached hydrogens (tertiary/aromatic N) is 1. The summed E-state index contributed by atoms with van der Waals surface area (Å²) in [6.45, 7) is 0. The number of halogens is 1. The Labute approximate surface area is 114 Å². The van der Waals surface area contributed by atoms with Crippen molar-refractivity contribution in [3.8, 4) is 0 Å². The predicted molar refractivity (Wildman–Crippen MR) is 71.5 cm³/mol. The first-order valence-corrected chi connectivity index (χ1v) is 6.90. The normalized spacial score (nSPS) is 18.7. The average Bonchev–Trinajstić information content (AvgIpc) is 2.73. The zero-order chi connectivity index (χ0) is 12.5. The van der Waals surface area contributed by atoms with Crippen molar-refractivity contribution in [3.05, 3.63) is 51.6 Å². The molecule has 1 atom stereocenters. The third-order valence-electron chi connectivity index (χ3n) is 3.23. The monoisotopic (exact) mass is 307 g/mol. The molecule has 0 spiro atoms. The van der Waals surface area contributed by atoms with Gasteiger partial charge < -0.3 is 9.52 Å². The Morgan fingerprint density at radius 3 is 2.89 bits per heavy atom. The summed E-state index contributed by atoms with van der Waals surface area (Å²) in [6.07, 6.45) is 2.64. The number of aliphatic hydroxyl groups is 1. The van der Waals surface area contributed by atoms with E-state index in [2.05, 4.69) is 33.0 Å². The van der Waals surface area contributed by atoms with E-state index < -0.39 is 0 Å². The van der Waals surface area contributed by atoms with Crippen molar-refractivity contribution in [2.24, 2.45) is 0 Å². The second-order valence-electron chi connectivity index (χ2n) is 4.68. The molecule has 0 saturated carbocycles. The molecule has 1 unspecified atom stereocenters. The maximum Gasteiger partial charge on any atom is 0.199 e. The van der Waals surface area contributed by atoms with Crippen LogP contribution in [0.2, 0.25) is 0 Å². The fourth-order valence-corrected chi connectivity index (χ4v) is 2.53. The number of rotatable bonds is 2. The van der Waals surface area contributed by atoms with Gasteiger partial charge in [-0.05, 0) is 30.5 Å². The number of aromatic nitrogens is 1. The molecule has 0 amide bonds. The number of hydrogen-bond donors (Lipinski definition) is 1. The molecule has 0 radical (unpaired) electrons. The topological polar surface area (TPSA) is 46.3 Å². The Balaban J connectivity index is 1.79. The van der Waals surface area contributed by atoms with Crippen molar-refractivity contribution < 1.29 is 9.52 Å². The summed E-state index contributed by atoms with van der Waals surface area (Å²) in [4.78, 5) is 4.51. The van der Waals surface area contributed by atoms with Crippen molar-refractivity contribution in [1.29, 1.82) is 0 Å². The lowest BCUT2D eigenvalue weighted by molar-refractivity contribution is 0.149. The molecular weight excluding hydrogens is 294 g/mol. The van der Waals surface area contributed by atoms with Gasteiger partial charge in [0.1, 0.15) is 5.76 Å². The lowest BCUT2D eigenvalue weighted by atomic mass is 9.99. The third-order valence-corrected chi connectivity index (χ3v) is 3.76. The first-order chi connectivity index (χ1) is 8.70.